The number of carbonyl (C=O) groups excluding carboxylic acids is 1. The van der Waals surface area contributed by atoms with Gasteiger partial charge in [-0.25, -0.2) is 4.79 Å². The van der Waals surface area contributed by atoms with Gasteiger partial charge in [-0.3, -0.25) is 0 Å². The van der Waals surface area contributed by atoms with E-state index in [9.17, 15) is 9.90 Å². The number of hydrogen-bond donors (Lipinski definition) is 3. The van der Waals surface area contributed by atoms with Gasteiger partial charge in [0.05, 0.1) is 20.8 Å². The van der Waals surface area contributed by atoms with Crippen LogP contribution in [-0.4, -0.2) is 65.2 Å². The zero-order chi connectivity index (χ0) is 29.5. The van der Waals surface area contributed by atoms with Crippen LogP contribution in [0.5, 0.6) is 11.5 Å². The SMILES string of the molecule is BC[C@@H](OC(=O)NCCCCCCN)[C@H](O)COC(c1ccccc1)(c1ccc(OC)cc1)c1ccc(OC)cc1. The quantitative estimate of drug-likeness (QED) is 0.129. The zero-order valence-corrected chi connectivity index (χ0v) is 24.4. The number of carbonyl (C=O) groups is 1. The van der Waals surface area contributed by atoms with Gasteiger partial charge >= 0.3 is 6.09 Å². The molecule has 0 spiro atoms. The van der Waals surface area contributed by atoms with Gasteiger partial charge < -0.3 is 35.1 Å². The van der Waals surface area contributed by atoms with E-state index in [2.05, 4.69) is 5.32 Å². The number of rotatable bonds is 17. The normalized spacial score (nSPS) is 12.8. The number of alkyl carbamates (subject to hydrolysis) is 1. The van der Waals surface area contributed by atoms with Crippen molar-refractivity contribution in [2.24, 2.45) is 5.73 Å². The molecule has 3 aromatic carbocycles. The molecule has 0 bridgehead atoms. The van der Waals surface area contributed by atoms with Crippen molar-refractivity contribution in [1.82, 2.24) is 5.32 Å². The molecule has 1 amide bonds. The summed E-state index contributed by atoms with van der Waals surface area (Å²) in [5, 5.41) is 14.0. The third-order valence-corrected chi connectivity index (χ3v) is 7.13. The Morgan fingerprint density at radius 1 is 0.854 bits per heavy atom. The van der Waals surface area contributed by atoms with Gasteiger partial charge in [0.15, 0.2) is 0 Å². The fraction of sp³-hybridized carbons (Fsp3) is 0.406. The molecular weight excluding hydrogens is 519 g/mol. The molecule has 3 aromatic rings. The number of hydrogen-bond acceptors (Lipinski definition) is 7. The van der Waals surface area contributed by atoms with Crippen LogP contribution in [-0.2, 0) is 15.1 Å². The van der Waals surface area contributed by atoms with E-state index >= 15 is 0 Å². The monoisotopic (exact) mass is 562 g/mol. The summed E-state index contributed by atoms with van der Waals surface area (Å²) in [4.78, 5) is 12.5. The summed E-state index contributed by atoms with van der Waals surface area (Å²) in [6.07, 6.45) is 1.93. The molecular formula is C32H43BN2O6. The zero-order valence-electron chi connectivity index (χ0n) is 24.4. The Morgan fingerprint density at radius 2 is 1.39 bits per heavy atom. The minimum atomic E-state index is -1.08. The molecule has 0 aliphatic heterocycles. The van der Waals surface area contributed by atoms with Crippen molar-refractivity contribution < 1.29 is 28.8 Å². The maximum atomic E-state index is 12.5. The Bertz CT molecular complexity index is 1110. The number of methoxy groups -OCH3 is 2. The standard InChI is InChI=1S/C32H43BN2O6/c1-38-27-16-12-25(13-17-27)32(24-10-6-5-7-11-24,26-14-18-28(39-2)19-15-26)40-23-29(36)30(22-33)41-31(37)35-21-9-4-3-8-20-34/h5-7,10-19,29-30,36H,3-4,8-9,20-23,33-34H2,1-2H3,(H,35,37)/t29-,30-/m1/s1. The molecule has 0 saturated carbocycles. The third-order valence-electron chi connectivity index (χ3n) is 7.13. The second kappa shape index (κ2) is 16.7. The van der Waals surface area contributed by atoms with E-state index in [4.69, 9.17) is 24.7 Å². The summed E-state index contributed by atoms with van der Waals surface area (Å²) >= 11 is 0. The van der Waals surface area contributed by atoms with Crippen LogP contribution in [0.1, 0.15) is 42.4 Å². The average molecular weight is 563 g/mol. The fourth-order valence-electron chi connectivity index (χ4n) is 4.82. The molecule has 0 aromatic heterocycles. The van der Waals surface area contributed by atoms with E-state index in [0.29, 0.717) is 19.4 Å². The number of ether oxygens (including phenoxy) is 4. The average Bonchev–Trinajstić information content (AvgIpc) is 3.02. The van der Waals surface area contributed by atoms with Crippen molar-refractivity contribution in [2.45, 2.75) is 49.8 Å². The minimum Gasteiger partial charge on any atom is -0.497 e. The van der Waals surface area contributed by atoms with Gasteiger partial charge in [0.25, 0.3) is 0 Å². The van der Waals surface area contributed by atoms with Crippen molar-refractivity contribution in [3.63, 3.8) is 0 Å². The molecule has 0 radical (unpaired) electrons. The molecule has 0 aliphatic carbocycles. The van der Waals surface area contributed by atoms with Crippen LogP contribution in [0.4, 0.5) is 4.79 Å². The molecule has 3 rings (SSSR count). The maximum absolute atomic E-state index is 12.5. The summed E-state index contributed by atoms with van der Waals surface area (Å²) in [7, 11) is 5.11. The first-order valence-corrected chi connectivity index (χ1v) is 14.3. The lowest BCUT2D eigenvalue weighted by atomic mass is 9.80. The van der Waals surface area contributed by atoms with Gasteiger partial charge in [0.2, 0.25) is 0 Å². The lowest BCUT2D eigenvalue weighted by Gasteiger charge is -2.37. The van der Waals surface area contributed by atoms with Gasteiger partial charge in [-0.1, -0.05) is 67.4 Å². The van der Waals surface area contributed by atoms with Crippen molar-refractivity contribution >= 4 is 13.9 Å². The molecule has 0 heterocycles. The van der Waals surface area contributed by atoms with E-state index in [-0.39, 0.29) is 6.61 Å². The van der Waals surface area contributed by atoms with Crippen LogP contribution in [0, 0.1) is 0 Å². The topological polar surface area (TPSA) is 112 Å². The van der Waals surface area contributed by atoms with Crippen molar-refractivity contribution in [3.05, 3.63) is 95.6 Å². The number of amides is 1. The Labute approximate surface area is 244 Å². The molecule has 4 N–H and O–H groups in total. The summed E-state index contributed by atoms with van der Waals surface area (Å²) in [5.74, 6) is 1.44. The summed E-state index contributed by atoms with van der Waals surface area (Å²) in [5.41, 5.74) is 7.03. The van der Waals surface area contributed by atoms with Gasteiger partial charge in [0.1, 0.15) is 37.2 Å². The molecule has 9 heteroatoms. The number of benzene rings is 3. The van der Waals surface area contributed by atoms with Crippen LogP contribution in [0.3, 0.4) is 0 Å². The Hall–Kier alpha value is -3.53. The number of nitrogens with two attached hydrogens (primary N) is 1. The van der Waals surface area contributed by atoms with Crippen LogP contribution < -0.4 is 20.5 Å². The molecule has 41 heavy (non-hydrogen) atoms. The third kappa shape index (κ3) is 8.73. The highest BCUT2D eigenvalue weighted by Gasteiger charge is 2.39. The second-order valence-corrected chi connectivity index (χ2v) is 9.86. The van der Waals surface area contributed by atoms with E-state index in [1.54, 1.807) is 14.2 Å². The Balaban J connectivity index is 1.85. The minimum absolute atomic E-state index is 0.0855. The molecule has 2 atom stereocenters. The van der Waals surface area contributed by atoms with E-state index in [0.717, 1.165) is 53.9 Å². The van der Waals surface area contributed by atoms with Crippen molar-refractivity contribution in [1.29, 1.82) is 0 Å². The highest BCUT2D eigenvalue weighted by atomic mass is 16.6. The summed E-state index contributed by atoms with van der Waals surface area (Å²) < 4.78 is 23.1. The highest BCUT2D eigenvalue weighted by Crippen LogP contribution is 2.41. The summed E-state index contributed by atoms with van der Waals surface area (Å²) in [6, 6.07) is 25.2. The van der Waals surface area contributed by atoms with E-state index < -0.39 is 23.9 Å². The van der Waals surface area contributed by atoms with Crippen molar-refractivity contribution in [3.8, 4) is 11.5 Å². The molecule has 220 valence electrons. The first kappa shape index (κ1) is 32.0. The number of nitrogens with one attached hydrogen (secondary N) is 1. The molecule has 0 aliphatic rings. The van der Waals surface area contributed by atoms with Gasteiger partial charge in [-0.05, 0) is 66.7 Å². The predicted octanol–water partition coefficient (Wildman–Crippen LogP) is 4.04. The first-order valence-electron chi connectivity index (χ1n) is 14.3. The van der Waals surface area contributed by atoms with E-state index in [1.165, 1.54) is 0 Å². The van der Waals surface area contributed by atoms with Crippen molar-refractivity contribution in [2.75, 3.05) is 33.9 Å². The number of unbranched alkanes of at least 4 members (excludes halogenated alkanes) is 3. The van der Waals surface area contributed by atoms with Crippen LogP contribution in [0.2, 0.25) is 6.32 Å². The first-order chi connectivity index (χ1) is 20.0. The maximum Gasteiger partial charge on any atom is 0.407 e. The fourth-order valence-corrected chi connectivity index (χ4v) is 4.82. The van der Waals surface area contributed by atoms with Crippen LogP contribution >= 0.6 is 0 Å². The Morgan fingerprint density at radius 3 is 1.90 bits per heavy atom. The molecule has 0 unspecified atom stereocenters. The lowest BCUT2D eigenvalue weighted by Crippen LogP contribution is -2.41. The second-order valence-electron chi connectivity index (χ2n) is 9.86. The Kier molecular flexibility index (Phi) is 13.0. The predicted molar refractivity (Wildman–Crippen MR) is 163 cm³/mol. The van der Waals surface area contributed by atoms with E-state index in [1.807, 2.05) is 86.7 Å². The van der Waals surface area contributed by atoms with Crippen LogP contribution in [0.25, 0.3) is 0 Å². The lowest BCUT2D eigenvalue weighted by molar-refractivity contribution is -0.0759. The van der Waals surface area contributed by atoms with Crippen LogP contribution in [0.15, 0.2) is 78.9 Å². The molecule has 0 fully saturated rings. The smallest absolute Gasteiger partial charge is 0.407 e. The molecule has 8 nitrogen and oxygen atoms in total. The van der Waals surface area contributed by atoms with Gasteiger partial charge in [-0.15, -0.1) is 0 Å². The molecule has 0 saturated heterocycles. The highest BCUT2D eigenvalue weighted by molar-refractivity contribution is 6.09. The van der Waals surface area contributed by atoms with Gasteiger partial charge in [-0.2, -0.15) is 0 Å². The van der Waals surface area contributed by atoms with Gasteiger partial charge in [0, 0.05) is 6.54 Å². The number of aliphatic hydroxyl groups excluding tert-OH is 1. The summed E-state index contributed by atoms with van der Waals surface area (Å²) in [6.45, 7) is 1.10. The number of aliphatic hydroxyl groups is 1. The largest absolute Gasteiger partial charge is 0.497 e.